The third-order valence-corrected chi connectivity index (χ3v) is 3.22. The molecule has 100 valence electrons. The lowest BCUT2D eigenvalue weighted by molar-refractivity contribution is -0.115. The summed E-state index contributed by atoms with van der Waals surface area (Å²) in [7, 11) is -0.340. The molecule has 9 nitrogen and oxygen atoms in total. The highest BCUT2D eigenvalue weighted by molar-refractivity contribution is 7.91. The first kappa shape index (κ1) is 14.1. The summed E-state index contributed by atoms with van der Waals surface area (Å²) >= 11 is 0. The van der Waals surface area contributed by atoms with Gasteiger partial charge in [-0.15, -0.1) is 0 Å². The van der Waals surface area contributed by atoms with Gasteiger partial charge in [0.1, 0.15) is 11.5 Å². The maximum atomic E-state index is 11.5. The molecule has 1 heterocycles. The quantitative estimate of drug-likeness (QED) is 0.622. The number of hydrogen-bond donors (Lipinski definition) is 2. The Bertz CT molecular complexity index is 556. The Labute approximate surface area is 104 Å². The van der Waals surface area contributed by atoms with Crippen molar-refractivity contribution in [3.8, 4) is 0 Å². The smallest absolute Gasteiger partial charge is 0.232 e. The summed E-state index contributed by atoms with van der Waals surface area (Å²) in [5.74, 6) is -2.05. The fourth-order valence-corrected chi connectivity index (χ4v) is 2.21. The molecule has 1 amide bonds. The van der Waals surface area contributed by atoms with Gasteiger partial charge >= 0.3 is 0 Å². The van der Waals surface area contributed by atoms with Crippen LogP contribution in [0.15, 0.2) is 0 Å². The highest BCUT2D eigenvalue weighted by Crippen LogP contribution is 2.08. The number of sulfone groups is 1. The van der Waals surface area contributed by atoms with E-state index in [1.165, 1.54) is 0 Å². The number of rotatable bonds is 5. The molecule has 18 heavy (non-hydrogen) atoms. The average Bonchev–Trinajstić information content (AvgIpc) is 2.12. The predicted molar refractivity (Wildman–Crippen MR) is 65.3 cm³/mol. The maximum Gasteiger partial charge on any atom is 0.232 e. The number of nitrogens with zero attached hydrogens (tertiary/aromatic N) is 4. The minimum absolute atomic E-state index is 0.0209. The van der Waals surface area contributed by atoms with Crippen molar-refractivity contribution >= 4 is 27.6 Å². The minimum Gasteiger partial charge on any atom is -0.369 e. The molecule has 0 aliphatic heterocycles. The summed E-state index contributed by atoms with van der Waals surface area (Å²) in [5, 5.41) is 0. The Morgan fingerprint density at radius 3 is 2.39 bits per heavy atom. The SMILES string of the molecule is CN(C)c1nc(N)nc(CS(=O)(=O)CC(N)=O)n1. The molecule has 0 aromatic carbocycles. The van der Waals surface area contributed by atoms with Gasteiger partial charge in [0.05, 0.1) is 0 Å². The zero-order valence-electron chi connectivity index (χ0n) is 9.99. The minimum atomic E-state index is -3.69. The molecule has 4 N–H and O–H groups in total. The van der Waals surface area contributed by atoms with E-state index in [4.69, 9.17) is 11.5 Å². The Kier molecular flexibility index (Phi) is 4.01. The Hall–Kier alpha value is -1.97. The molecular formula is C8H14N6O3S. The number of primary amides is 1. The van der Waals surface area contributed by atoms with Crippen molar-refractivity contribution in [1.82, 2.24) is 15.0 Å². The number of anilines is 2. The summed E-state index contributed by atoms with van der Waals surface area (Å²) in [4.78, 5) is 23.6. The van der Waals surface area contributed by atoms with Gasteiger partial charge in [0.15, 0.2) is 15.7 Å². The number of nitrogen functional groups attached to an aromatic ring is 1. The predicted octanol–water partition coefficient (Wildman–Crippen LogP) is -2.08. The number of aromatic nitrogens is 3. The zero-order valence-corrected chi connectivity index (χ0v) is 10.8. The van der Waals surface area contributed by atoms with Crippen LogP contribution in [0.5, 0.6) is 0 Å². The first-order valence-corrected chi connectivity index (χ1v) is 6.68. The number of carbonyl (C=O) groups excluding carboxylic acids is 1. The van der Waals surface area contributed by atoms with Crippen LogP contribution in [0.25, 0.3) is 0 Å². The third kappa shape index (κ3) is 4.13. The molecule has 0 bridgehead atoms. The van der Waals surface area contributed by atoms with E-state index < -0.39 is 27.3 Å². The highest BCUT2D eigenvalue weighted by Gasteiger charge is 2.18. The lowest BCUT2D eigenvalue weighted by atomic mass is 10.6. The van der Waals surface area contributed by atoms with Crippen LogP contribution in [-0.2, 0) is 20.4 Å². The van der Waals surface area contributed by atoms with Crippen molar-refractivity contribution in [2.24, 2.45) is 5.73 Å². The van der Waals surface area contributed by atoms with E-state index in [0.29, 0.717) is 0 Å². The summed E-state index contributed by atoms with van der Waals surface area (Å²) < 4.78 is 23.1. The topological polar surface area (TPSA) is 145 Å². The van der Waals surface area contributed by atoms with Crippen molar-refractivity contribution in [3.05, 3.63) is 5.82 Å². The number of amides is 1. The van der Waals surface area contributed by atoms with Crippen LogP contribution in [-0.4, -0.2) is 49.1 Å². The van der Waals surface area contributed by atoms with Crippen LogP contribution in [0, 0.1) is 0 Å². The van der Waals surface area contributed by atoms with Gasteiger partial charge in [0.25, 0.3) is 0 Å². The standard InChI is InChI=1S/C8H14N6O3S/c1-14(2)8-12-6(11-7(10)13-8)4-18(16,17)3-5(9)15/h3-4H2,1-2H3,(H2,9,15)(H2,10,11,12,13). The van der Waals surface area contributed by atoms with Gasteiger partial charge in [-0.05, 0) is 0 Å². The number of carbonyl (C=O) groups is 1. The van der Waals surface area contributed by atoms with Crippen LogP contribution in [0.2, 0.25) is 0 Å². The molecule has 0 radical (unpaired) electrons. The van der Waals surface area contributed by atoms with Gasteiger partial charge in [-0.3, -0.25) is 4.79 Å². The van der Waals surface area contributed by atoms with Gasteiger partial charge < -0.3 is 16.4 Å². The number of hydrogen-bond acceptors (Lipinski definition) is 8. The molecule has 1 aromatic rings. The zero-order chi connectivity index (χ0) is 13.9. The Balaban J connectivity index is 3.01. The van der Waals surface area contributed by atoms with Gasteiger partial charge in [0.2, 0.25) is 17.8 Å². The van der Waals surface area contributed by atoms with E-state index >= 15 is 0 Å². The fraction of sp³-hybridized carbons (Fsp3) is 0.500. The number of nitrogens with two attached hydrogens (primary N) is 2. The van der Waals surface area contributed by atoms with Crippen molar-refractivity contribution < 1.29 is 13.2 Å². The molecule has 0 saturated heterocycles. The third-order valence-electron chi connectivity index (χ3n) is 1.80. The lowest BCUT2D eigenvalue weighted by Crippen LogP contribution is -2.25. The molecule has 0 spiro atoms. The lowest BCUT2D eigenvalue weighted by Gasteiger charge is -2.11. The summed E-state index contributed by atoms with van der Waals surface area (Å²) in [6, 6.07) is 0. The van der Waals surface area contributed by atoms with Crippen LogP contribution in [0.3, 0.4) is 0 Å². The Morgan fingerprint density at radius 2 is 1.89 bits per heavy atom. The van der Waals surface area contributed by atoms with Crippen LogP contribution in [0.4, 0.5) is 11.9 Å². The van der Waals surface area contributed by atoms with Gasteiger partial charge in [-0.2, -0.15) is 15.0 Å². The fourth-order valence-electron chi connectivity index (χ4n) is 1.15. The van der Waals surface area contributed by atoms with Crippen molar-refractivity contribution in [1.29, 1.82) is 0 Å². The molecule has 0 fully saturated rings. The highest BCUT2D eigenvalue weighted by atomic mass is 32.2. The van der Waals surface area contributed by atoms with Crippen LogP contribution < -0.4 is 16.4 Å². The van der Waals surface area contributed by atoms with Crippen LogP contribution >= 0.6 is 0 Å². The van der Waals surface area contributed by atoms with E-state index in [1.54, 1.807) is 19.0 Å². The first-order valence-electron chi connectivity index (χ1n) is 4.86. The van der Waals surface area contributed by atoms with E-state index in [0.717, 1.165) is 0 Å². The van der Waals surface area contributed by atoms with E-state index in [1.807, 2.05) is 0 Å². The van der Waals surface area contributed by atoms with Crippen LogP contribution in [0.1, 0.15) is 5.82 Å². The molecule has 0 atom stereocenters. The van der Waals surface area contributed by atoms with Gasteiger partial charge in [0, 0.05) is 14.1 Å². The largest absolute Gasteiger partial charge is 0.369 e. The second-order valence-corrected chi connectivity index (χ2v) is 5.87. The average molecular weight is 274 g/mol. The molecule has 0 aliphatic rings. The van der Waals surface area contributed by atoms with Crippen molar-refractivity contribution in [3.63, 3.8) is 0 Å². The first-order chi connectivity index (χ1) is 8.19. The van der Waals surface area contributed by atoms with E-state index in [-0.39, 0.29) is 17.7 Å². The van der Waals surface area contributed by atoms with Crippen molar-refractivity contribution in [2.75, 3.05) is 30.5 Å². The molecule has 0 unspecified atom stereocenters. The molecule has 0 saturated carbocycles. The Morgan fingerprint density at radius 1 is 1.28 bits per heavy atom. The molecular weight excluding hydrogens is 260 g/mol. The molecule has 1 aromatic heterocycles. The molecule has 0 aliphatic carbocycles. The summed E-state index contributed by atoms with van der Waals surface area (Å²) in [6.45, 7) is 0. The maximum absolute atomic E-state index is 11.5. The van der Waals surface area contributed by atoms with E-state index in [2.05, 4.69) is 15.0 Å². The summed E-state index contributed by atoms with van der Waals surface area (Å²) in [6.07, 6.45) is 0. The normalized spacial score (nSPS) is 11.2. The monoisotopic (exact) mass is 274 g/mol. The van der Waals surface area contributed by atoms with Crippen molar-refractivity contribution in [2.45, 2.75) is 5.75 Å². The second-order valence-electron chi connectivity index (χ2n) is 3.80. The summed E-state index contributed by atoms with van der Waals surface area (Å²) in [5.41, 5.74) is 10.3. The van der Waals surface area contributed by atoms with E-state index in [9.17, 15) is 13.2 Å². The van der Waals surface area contributed by atoms with Gasteiger partial charge in [-0.25, -0.2) is 8.42 Å². The molecule has 10 heteroatoms. The second kappa shape index (κ2) is 5.12. The van der Waals surface area contributed by atoms with Gasteiger partial charge in [-0.1, -0.05) is 0 Å². The molecule has 1 rings (SSSR count).